The predicted octanol–water partition coefficient (Wildman–Crippen LogP) is 6.33. The standard InChI is InChI=1S/C33H40ClN3O4S/c1-23-13-17-30(18-14-23)42(40,41)37(31-20-28(34)16-15-25(31)3)22-32(38)36(21-27-10-8-9-24(2)19-27)26(4)33(39)35-29-11-6-5-7-12-29/h8-10,13-20,26,29H,5-7,11-12,21-22H2,1-4H3,(H,35,39)/t26-/m1/s1. The topological polar surface area (TPSA) is 86.8 Å². The number of hydrogen-bond acceptors (Lipinski definition) is 4. The average Bonchev–Trinajstić information content (AvgIpc) is 2.96. The smallest absolute Gasteiger partial charge is 0.264 e. The van der Waals surface area contributed by atoms with E-state index in [1.165, 1.54) is 17.0 Å². The second-order valence-electron chi connectivity index (χ2n) is 11.3. The summed E-state index contributed by atoms with van der Waals surface area (Å²) in [7, 11) is -4.16. The molecule has 0 aliphatic heterocycles. The Morgan fingerprint density at radius 3 is 2.29 bits per heavy atom. The zero-order valence-electron chi connectivity index (χ0n) is 24.8. The highest BCUT2D eigenvalue weighted by Crippen LogP contribution is 2.30. The predicted molar refractivity (Wildman–Crippen MR) is 168 cm³/mol. The number of nitrogens with zero attached hydrogens (tertiary/aromatic N) is 2. The van der Waals surface area contributed by atoms with E-state index in [-0.39, 0.29) is 23.4 Å². The van der Waals surface area contributed by atoms with Gasteiger partial charge in [-0.25, -0.2) is 8.42 Å². The molecule has 3 aromatic rings. The Kier molecular flexibility index (Phi) is 10.3. The van der Waals surface area contributed by atoms with Gasteiger partial charge in [0.2, 0.25) is 11.8 Å². The highest BCUT2D eigenvalue weighted by atomic mass is 35.5. The Morgan fingerprint density at radius 1 is 0.929 bits per heavy atom. The van der Waals surface area contributed by atoms with Crippen molar-refractivity contribution < 1.29 is 18.0 Å². The van der Waals surface area contributed by atoms with Crippen LogP contribution in [0, 0.1) is 20.8 Å². The number of nitrogens with one attached hydrogen (secondary N) is 1. The van der Waals surface area contributed by atoms with Gasteiger partial charge in [-0.2, -0.15) is 0 Å². The average molecular weight is 610 g/mol. The molecule has 0 saturated heterocycles. The largest absolute Gasteiger partial charge is 0.352 e. The molecule has 0 unspecified atom stereocenters. The van der Waals surface area contributed by atoms with Gasteiger partial charge in [0, 0.05) is 17.6 Å². The maximum atomic E-state index is 14.2. The highest BCUT2D eigenvalue weighted by molar-refractivity contribution is 7.92. The van der Waals surface area contributed by atoms with E-state index in [0.717, 1.165) is 53.1 Å². The molecule has 1 fully saturated rings. The number of sulfonamides is 1. The van der Waals surface area contributed by atoms with E-state index in [1.807, 2.05) is 38.1 Å². The van der Waals surface area contributed by atoms with Crippen LogP contribution in [0.5, 0.6) is 0 Å². The zero-order chi connectivity index (χ0) is 30.4. The summed E-state index contributed by atoms with van der Waals surface area (Å²) in [6.45, 7) is 6.99. The summed E-state index contributed by atoms with van der Waals surface area (Å²) in [4.78, 5) is 29.2. The fourth-order valence-electron chi connectivity index (χ4n) is 5.36. The number of anilines is 1. The first kappa shape index (κ1) is 31.6. The van der Waals surface area contributed by atoms with Gasteiger partial charge in [-0.15, -0.1) is 0 Å². The van der Waals surface area contributed by atoms with Gasteiger partial charge in [-0.05, 0) is 75.9 Å². The number of halogens is 1. The highest BCUT2D eigenvalue weighted by Gasteiger charge is 2.34. The number of benzene rings is 3. The van der Waals surface area contributed by atoms with Crippen LogP contribution in [0.15, 0.2) is 71.6 Å². The number of carbonyl (C=O) groups is 2. The van der Waals surface area contributed by atoms with E-state index in [2.05, 4.69) is 5.32 Å². The second-order valence-corrected chi connectivity index (χ2v) is 13.6. The Bertz CT molecular complexity index is 1520. The van der Waals surface area contributed by atoms with Crippen molar-refractivity contribution in [2.45, 2.75) is 83.3 Å². The maximum absolute atomic E-state index is 14.2. The molecule has 0 spiro atoms. The Labute approximate surface area is 254 Å². The summed E-state index contributed by atoms with van der Waals surface area (Å²) in [6.07, 6.45) is 5.13. The third-order valence-corrected chi connectivity index (χ3v) is 9.89. The van der Waals surface area contributed by atoms with Crippen LogP contribution in [0.25, 0.3) is 0 Å². The van der Waals surface area contributed by atoms with Crippen molar-refractivity contribution in [1.82, 2.24) is 10.2 Å². The molecule has 7 nitrogen and oxygen atoms in total. The molecule has 1 saturated carbocycles. The molecule has 0 heterocycles. The van der Waals surface area contributed by atoms with Gasteiger partial charge in [-0.3, -0.25) is 13.9 Å². The lowest BCUT2D eigenvalue weighted by Crippen LogP contribution is -2.53. The SMILES string of the molecule is Cc1ccc(S(=O)(=O)N(CC(=O)N(Cc2cccc(C)c2)[C@H](C)C(=O)NC2CCCCC2)c2cc(Cl)ccc2C)cc1. The van der Waals surface area contributed by atoms with Gasteiger partial charge in [0.25, 0.3) is 10.0 Å². The van der Waals surface area contributed by atoms with Crippen LogP contribution in [0.4, 0.5) is 5.69 Å². The van der Waals surface area contributed by atoms with Gasteiger partial charge in [0.05, 0.1) is 10.6 Å². The van der Waals surface area contributed by atoms with Gasteiger partial charge < -0.3 is 10.2 Å². The fraction of sp³-hybridized carbons (Fsp3) is 0.394. The normalized spacial score (nSPS) is 14.7. The first-order valence-electron chi connectivity index (χ1n) is 14.5. The van der Waals surface area contributed by atoms with E-state index < -0.39 is 28.5 Å². The molecule has 1 atom stereocenters. The first-order valence-corrected chi connectivity index (χ1v) is 16.3. The lowest BCUT2D eigenvalue weighted by molar-refractivity contribution is -0.139. The maximum Gasteiger partial charge on any atom is 0.264 e. The van der Waals surface area contributed by atoms with Gasteiger partial charge in [-0.1, -0.05) is 84.5 Å². The van der Waals surface area contributed by atoms with Crippen molar-refractivity contribution in [2.75, 3.05) is 10.8 Å². The summed E-state index contributed by atoms with van der Waals surface area (Å²) in [5, 5.41) is 3.48. The minimum absolute atomic E-state index is 0.0635. The van der Waals surface area contributed by atoms with Crippen LogP contribution < -0.4 is 9.62 Å². The molecule has 224 valence electrons. The first-order chi connectivity index (χ1) is 20.0. The molecule has 0 radical (unpaired) electrons. The minimum Gasteiger partial charge on any atom is -0.352 e. The van der Waals surface area contributed by atoms with Crippen LogP contribution in [0.1, 0.15) is 61.3 Å². The summed E-state index contributed by atoms with van der Waals surface area (Å²) < 4.78 is 29.2. The Balaban J connectivity index is 1.71. The monoisotopic (exact) mass is 609 g/mol. The molecular weight excluding hydrogens is 570 g/mol. The van der Waals surface area contributed by atoms with Crippen LogP contribution in [0.2, 0.25) is 5.02 Å². The van der Waals surface area contributed by atoms with Crippen molar-refractivity contribution in [3.63, 3.8) is 0 Å². The molecule has 1 aliphatic carbocycles. The van der Waals surface area contributed by atoms with Crippen molar-refractivity contribution in [2.24, 2.45) is 0 Å². The lowest BCUT2D eigenvalue weighted by Gasteiger charge is -2.33. The molecule has 1 aliphatic rings. The molecular formula is C33H40ClN3O4S. The summed E-state index contributed by atoms with van der Waals surface area (Å²) in [6, 6.07) is 18.5. The molecule has 3 aromatic carbocycles. The van der Waals surface area contributed by atoms with Crippen LogP contribution in [0.3, 0.4) is 0 Å². The van der Waals surface area contributed by atoms with Crippen molar-refractivity contribution in [3.8, 4) is 0 Å². The zero-order valence-corrected chi connectivity index (χ0v) is 26.3. The van der Waals surface area contributed by atoms with Crippen LogP contribution in [-0.4, -0.2) is 43.8 Å². The number of aryl methyl sites for hydroxylation is 3. The van der Waals surface area contributed by atoms with Crippen LogP contribution >= 0.6 is 11.6 Å². The second kappa shape index (κ2) is 13.7. The molecule has 0 aromatic heterocycles. The third-order valence-electron chi connectivity index (χ3n) is 7.88. The minimum atomic E-state index is -4.16. The number of hydrogen-bond donors (Lipinski definition) is 1. The summed E-state index contributed by atoms with van der Waals surface area (Å²) >= 11 is 6.31. The molecule has 1 N–H and O–H groups in total. The molecule has 0 bridgehead atoms. The Hall–Kier alpha value is -3.36. The number of carbonyl (C=O) groups excluding carboxylic acids is 2. The lowest BCUT2D eigenvalue weighted by atomic mass is 9.95. The quantitative estimate of drug-likeness (QED) is 0.291. The molecule has 2 amide bonds. The molecule has 4 rings (SSSR count). The van der Waals surface area contributed by atoms with E-state index >= 15 is 0 Å². The summed E-state index contributed by atoms with van der Waals surface area (Å²) in [5.41, 5.74) is 3.75. The molecule has 42 heavy (non-hydrogen) atoms. The van der Waals surface area contributed by atoms with E-state index in [1.54, 1.807) is 44.2 Å². The van der Waals surface area contributed by atoms with Gasteiger partial charge >= 0.3 is 0 Å². The van der Waals surface area contributed by atoms with Crippen molar-refractivity contribution >= 4 is 39.1 Å². The van der Waals surface area contributed by atoms with Gasteiger partial charge in [0.15, 0.2) is 0 Å². The van der Waals surface area contributed by atoms with E-state index in [4.69, 9.17) is 11.6 Å². The van der Waals surface area contributed by atoms with E-state index in [9.17, 15) is 18.0 Å². The van der Waals surface area contributed by atoms with E-state index in [0.29, 0.717) is 16.3 Å². The van der Waals surface area contributed by atoms with Gasteiger partial charge in [0.1, 0.15) is 12.6 Å². The van der Waals surface area contributed by atoms with Crippen molar-refractivity contribution in [3.05, 3.63) is 94.0 Å². The van der Waals surface area contributed by atoms with Crippen molar-refractivity contribution in [1.29, 1.82) is 0 Å². The number of rotatable bonds is 10. The molecule has 9 heteroatoms. The number of amides is 2. The van der Waals surface area contributed by atoms with Crippen LogP contribution in [-0.2, 0) is 26.2 Å². The fourth-order valence-corrected chi connectivity index (χ4v) is 7.00. The Morgan fingerprint density at radius 2 is 1.62 bits per heavy atom. The summed E-state index contributed by atoms with van der Waals surface area (Å²) in [5.74, 6) is -0.729. The third kappa shape index (κ3) is 7.72.